The second-order valence-corrected chi connectivity index (χ2v) is 4.52. The molecule has 0 aliphatic carbocycles. The molecule has 0 aromatic heterocycles. The molecule has 0 unspecified atom stereocenters. The second kappa shape index (κ2) is 6.83. The zero-order valence-electron chi connectivity index (χ0n) is 12.9. The largest absolute Gasteiger partial charge is 0.507 e. The standard InChI is InChI=1S/C17H15O6/c1-21-13-8-10(9-18)14(17(23-3)16(13)22-2)15(20)11-6-4-5-7-12(11)19/h4-8,19H,1-3H3. The second-order valence-electron chi connectivity index (χ2n) is 4.52. The van der Waals surface area contributed by atoms with Gasteiger partial charge in [-0.1, -0.05) is 12.1 Å². The van der Waals surface area contributed by atoms with Gasteiger partial charge >= 0.3 is 0 Å². The highest BCUT2D eigenvalue weighted by Crippen LogP contribution is 2.42. The number of phenolic OH excluding ortho intramolecular Hbond substituents is 1. The predicted molar refractivity (Wildman–Crippen MR) is 82.4 cm³/mol. The van der Waals surface area contributed by atoms with E-state index in [4.69, 9.17) is 14.2 Å². The Morgan fingerprint density at radius 3 is 2.22 bits per heavy atom. The van der Waals surface area contributed by atoms with Gasteiger partial charge in [0.1, 0.15) is 5.75 Å². The molecule has 119 valence electrons. The van der Waals surface area contributed by atoms with Crippen LogP contribution in [0.2, 0.25) is 0 Å². The van der Waals surface area contributed by atoms with Gasteiger partial charge in [-0.3, -0.25) is 9.59 Å². The maximum absolute atomic E-state index is 12.8. The van der Waals surface area contributed by atoms with Crippen molar-refractivity contribution in [3.05, 3.63) is 47.0 Å². The summed E-state index contributed by atoms with van der Waals surface area (Å²) in [7, 11) is 4.13. The number of hydrogen-bond acceptors (Lipinski definition) is 6. The van der Waals surface area contributed by atoms with Crippen molar-refractivity contribution in [2.75, 3.05) is 21.3 Å². The quantitative estimate of drug-likeness (QED) is 0.822. The lowest BCUT2D eigenvalue weighted by molar-refractivity contribution is 0.103. The first-order valence-corrected chi connectivity index (χ1v) is 6.62. The Labute approximate surface area is 133 Å². The topological polar surface area (TPSA) is 82.1 Å². The molecule has 0 bridgehead atoms. The van der Waals surface area contributed by atoms with Crippen LogP contribution in [0, 0.1) is 0 Å². The third-order valence-electron chi connectivity index (χ3n) is 3.32. The highest BCUT2D eigenvalue weighted by molar-refractivity contribution is 6.16. The van der Waals surface area contributed by atoms with Crippen molar-refractivity contribution in [2.24, 2.45) is 0 Å². The fraction of sp³-hybridized carbons (Fsp3) is 0.176. The molecule has 2 aromatic carbocycles. The van der Waals surface area contributed by atoms with Crippen molar-refractivity contribution in [3.63, 3.8) is 0 Å². The molecule has 2 rings (SSSR count). The summed E-state index contributed by atoms with van der Waals surface area (Å²) in [5.41, 5.74) is -0.0658. The first-order valence-electron chi connectivity index (χ1n) is 6.62. The van der Waals surface area contributed by atoms with Crippen molar-refractivity contribution in [1.82, 2.24) is 0 Å². The number of benzene rings is 2. The predicted octanol–water partition coefficient (Wildman–Crippen LogP) is 2.11. The van der Waals surface area contributed by atoms with Crippen LogP contribution in [0.1, 0.15) is 21.5 Å². The van der Waals surface area contributed by atoms with E-state index >= 15 is 0 Å². The van der Waals surface area contributed by atoms with Crippen LogP contribution in [0.3, 0.4) is 0 Å². The van der Waals surface area contributed by atoms with Gasteiger partial charge in [0.15, 0.2) is 11.5 Å². The van der Waals surface area contributed by atoms with E-state index in [2.05, 4.69) is 0 Å². The average molecular weight is 315 g/mol. The van der Waals surface area contributed by atoms with Crippen LogP contribution in [-0.2, 0) is 4.79 Å². The zero-order valence-corrected chi connectivity index (χ0v) is 12.9. The van der Waals surface area contributed by atoms with Gasteiger partial charge < -0.3 is 19.3 Å². The summed E-state index contributed by atoms with van der Waals surface area (Å²) in [6.45, 7) is 0. The van der Waals surface area contributed by atoms with E-state index in [1.165, 1.54) is 39.5 Å². The number of rotatable bonds is 6. The van der Waals surface area contributed by atoms with Gasteiger partial charge in [-0.2, -0.15) is 0 Å². The Hall–Kier alpha value is -3.02. The molecular weight excluding hydrogens is 300 g/mol. The minimum absolute atomic E-state index is 0.0366. The molecule has 0 saturated carbocycles. The van der Waals surface area contributed by atoms with E-state index in [1.54, 1.807) is 18.4 Å². The molecule has 0 atom stereocenters. The van der Waals surface area contributed by atoms with Gasteiger partial charge in [-0.25, -0.2) is 0 Å². The van der Waals surface area contributed by atoms with Crippen LogP contribution in [0.5, 0.6) is 23.0 Å². The lowest BCUT2D eigenvalue weighted by Crippen LogP contribution is -2.10. The first kappa shape index (κ1) is 16.4. The number of phenols is 1. The Balaban J connectivity index is 2.77. The summed E-state index contributed by atoms with van der Waals surface area (Å²) in [5, 5.41) is 9.88. The Kier molecular flexibility index (Phi) is 4.85. The third kappa shape index (κ3) is 2.83. The Morgan fingerprint density at radius 2 is 1.70 bits per heavy atom. The summed E-state index contributed by atoms with van der Waals surface area (Å²) in [4.78, 5) is 24.1. The van der Waals surface area contributed by atoms with Gasteiger partial charge in [0.05, 0.1) is 32.5 Å². The molecule has 6 heteroatoms. The molecule has 2 aromatic rings. The van der Waals surface area contributed by atoms with E-state index in [1.807, 2.05) is 0 Å². The van der Waals surface area contributed by atoms with Crippen molar-refractivity contribution in [3.8, 4) is 23.0 Å². The summed E-state index contributed by atoms with van der Waals surface area (Å²) in [6.07, 6.45) is 1.70. The molecule has 1 radical (unpaired) electrons. The summed E-state index contributed by atoms with van der Waals surface area (Å²) in [6, 6.07) is 7.35. The number of carbonyl (C=O) groups is 1. The minimum Gasteiger partial charge on any atom is -0.507 e. The molecule has 0 saturated heterocycles. The Morgan fingerprint density at radius 1 is 1.04 bits per heavy atom. The van der Waals surface area contributed by atoms with E-state index < -0.39 is 5.78 Å². The van der Waals surface area contributed by atoms with E-state index in [9.17, 15) is 14.7 Å². The molecule has 6 nitrogen and oxygen atoms in total. The maximum Gasteiger partial charge on any atom is 0.234 e. The van der Waals surface area contributed by atoms with Crippen molar-refractivity contribution in [2.45, 2.75) is 0 Å². The number of para-hydroxylation sites is 1. The molecule has 1 N–H and O–H groups in total. The van der Waals surface area contributed by atoms with Crippen LogP contribution in [0.4, 0.5) is 0 Å². The molecule has 0 heterocycles. The molecular formula is C17H15O6. The van der Waals surface area contributed by atoms with Crippen LogP contribution >= 0.6 is 0 Å². The maximum atomic E-state index is 12.8. The van der Waals surface area contributed by atoms with Crippen molar-refractivity contribution in [1.29, 1.82) is 0 Å². The highest BCUT2D eigenvalue weighted by atomic mass is 16.5. The number of methoxy groups -OCH3 is 3. The summed E-state index contributed by atoms with van der Waals surface area (Å²) < 4.78 is 15.6. The van der Waals surface area contributed by atoms with Gasteiger partial charge in [0, 0.05) is 5.56 Å². The first-order chi connectivity index (χ1) is 11.1. The van der Waals surface area contributed by atoms with Crippen LogP contribution < -0.4 is 14.2 Å². The van der Waals surface area contributed by atoms with Crippen LogP contribution in [0.15, 0.2) is 30.3 Å². The number of carbonyl (C=O) groups excluding carboxylic acids is 2. The van der Waals surface area contributed by atoms with Crippen LogP contribution in [-0.4, -0.2) is 38.5 Å². The van der Waals surface area contributed by atoms with Gasteiger partial charge in [-0.15, -0.1) is 0 Å². The smallest absolute Gasteiger partial charge is 0.234 e. The fourth-order valence-electron chi connectivity index (χ4n) is 2.26. The van der Waals surface area contributed by atoms with Crippen molar-refractivity contribution < 1.29 is 28.9 Å². The highest BCUT2D eigenvalue weighted by Gasteiger charge is 2.27. The van der Waals surface area contributed by atoms with Gasteiger partial charge in [0.2, 0.25) is 17.8 Å². The van der Waals surface area contributed by atoms with E-state index in [-0.39, 0.29) is 39.7 Å². The molecule has 0 amide bonds. The third-order valence-corrected chi connectivity index (χ3v) is 3.32. The van der Waals surface area contributed by atoms with Gasteiger partial charge in [0.25, 0.3) is 0 Å². The number of ether oxygens (including phenoxy) is 3. The number of hydrogen-bond donors (Lipinski definition) is 1. The lowest BCUT2D eigenvalue weighted by Gasteiger charge is -2.17. The summed E-state index contributed by atoms with van der Waals surface area (Å²) in [5.74, 6) is -0.340. The normalized spacial score (nSPS) is 10.0. The molecule has 0 aliphatic heterocycles. The Bertz CT molecular complexity index is 751. The van der Waals surface area contributed by atoms with Gasteiger partial charge in [-0.05, 0) is 18.2 Å². The van der Waals surface area contributed by atoms with Crippen LogP contribution in [0.25, 0.3) is 0 Å². The summed E-state index contributed by atoms with van der Waals surface area (Å²) >= 11 is 0. The molecule has 0 aliphatic rings. The average Bonchev–Trinajstić information content (AvgIpc) is 2.59. The molecule has 23 heavy (non-hydrogen) atoms. The fourth-order valence-corrected chi connectivity index (χ4v) is 2.26. The number of aromatic hydroxyl groups is 1. The lowest BCUT2D eigenvalue weighted by atomic mass is 9.96. The van der Waals surface area contributed by atoms with E-state index in [0.29, 0.717) is 0 Å². The van der Waals surface area contributed by atoms with E-state index in [0.717, 1.165) is 0 Å². The monoisotopic (exact) mass is 315 g/mol. The zero-order chi connectivity index (χ0) is 17.0. The SMILES string of the molecule is COc1cc([C]=O)c(C(=O)c2ccccc2O)c(OC)c1OC. The number of ketones is 1. The van der Waals surface area contributed by atoms with Crippen molar-refractivity contribution >= 4 is 12.1 Å². The minimum atomic E-state index is -0.584. The molecule has 0 spiro atoms. The molecule has 0 fully saturated rings.